The lowest BCUT2D eigenvalue weighted by atomic mass is 9.93. The Hall–Kier alpha value is -1.06. The van der Waals surface area contributed by atoms with Gasteiger partial charge in [-0.2, -0.15) is 0 Å². The number of methoxy groups -OCH3 is 1. The van der Waals surface area contributed by atoms with E-state index < -0.39 is 5.60 Å². The average molecular weight is 158 g/mol. The topological polar surface area (TPSA) is 52.6 Å². The van der Waals surface area contributed by atoms with Crippen LogP contribution in [0.15, 0.2) is 0 Å². The van der Waals surface area contributed by atoms with E-state index in [1.54, 1.807) is 6.92 Å². The molecule has 4 heteroatoms. The zero-order valence-corrected chi connectivity index (χ0v) is 6.55. The van der Waals surface area contributed by atoms with E-state index in [9.17, 15) is 9.59 Å². The molecule has 1 aliphatic heterocycles. The fourth-order valence-electron chi connectivity index (χ4n) is 1.05. The van der Waals surface area contributed by atoms with E-state index in [1.165, 1.54) is 7.11 Å². The average Bonchev–Trinajstić information content (AvgIpc) is 1.84. The molecule has 0 radical (unpaired) electrons. The van der Waals surface area contributed by atoms with Crippen molar-refractivity contribution >= 4 is 11.9 Å². The molecule has 1 saturated heterocycles. The number of hydrogen-bond donors (Lipinski definition) is 0. The van der Waals surface area contributed by atoms with Gasteiger partial charge in [-0.25, -0.2) is 0 Å². The Balaban J connectivity index is 2.37. The summed E-state index contributed by atoms with van der Waals surface area (Å²) in [5, 5.41) is 0. The Labute approximate surface area is 64.5 Å². The van der Waals surface area contributed by atoms with Crippen molar-refractivity contribution in [1.82, 2.24) is 0 Å². The molecule has 0 bridgehead atoms. The molecule has 0 spiro atoms. The zero-order chi connectivity index (χ0) is 8.48. The summed E-state index contributed by atoms with van der Waals surface area (Å²) in [4.78, 5) is 21.1. The van der Waals surface area contributed by atoms with E-state index >= 15 is 0 Å². The van der Waals surface area contributed by atoms with Crippen LogP contribution in [0.5, 0.6) is 0 Å². The van der Waals surface area contributed by atoms with Crippen LogP contribution in [0.1, 0.15) is 19.8 Å². The molecule has 0 amide bonds. The van der Waals surface area contributed by atoms with E-state index in [0.29, 0.717) is 6.42 Å². The summed E-state index contributed by atoms with van der Waals surface area (Å²) in [5.74, 6) is -0.601. The summed E-state index contributed by atoms with van der Waals surface area (Å²) in [6, 6.07) is 0. The van der Waals surface area contributed by atoms with Gasteiger partial charge in [0, 0.05) is 0 Å². The van der Waals surface area contributed by atoms with Crippen molar-refractivity contribution < 1.29 is 19.1 Å². The van der Waals surface area contributed by atoms with Gasteiger partial charge in [-0.1, -0.05) is 0 Å². The van der Waals surface area contributed by atoms with Crippen LogP contribution in [0.3, 0.4) is 0 Å². The number of esters is 2. The maximum Gasteiger partial charge on any atom is 0.310 e. The highest BCUT2D eigenvalue weighted by Crippen LogP contribution is 2.30. The van der Waals surface area contributed by atoms with Crippen molar-refractivity contribution in [2.24, 2.45) is 0 Å². The monoisotopic (exact) mass is 158 g/mol. The van der Waals surface area contributed by atoms with Gasteiger partial charge in [0.25, 0.3) is 0 Å². The van der Waals surface area contributed by atoms with Gasteiger partial charge in [-0.05, 0) is 6.92 Å². The number of hydrogen-bond acceptors (Lipinski definition) is 4. The van der Waals surface area contributed by atoms with Gasteiger partial charge in [0.1, 0.15) is 5.60 Å². The first kappa shape index (κ1) is 8.04. The summed E-state index contributed by atoms with van der Waals surface area (Å²) < 4.78 is 9.19. The van der Waals surface area contributed by atoms with Gasteiger partial charge >= 0.3 is 11.9 Å². The number of ether oxygens (including phenoxy) is 2. The van der Waals surface area contributed by atoms with Crippen molar-refractivity contribution in [3.8, 4) is 0 Å². The lowest BCUT2D eigenvalue weighted by Gasteiger charge is -2.35. The van der Waals surface area contributed by atoms with Crippen LogP contribution < -0.4 is 0 Å². The maximum absolute atomic E-state index is 10.7. The number of cyclic esters (lactones) is 1. The first-order chi connectivity index (χ1) is 5.06. The van der Waals surface area contributed by atoms with Crippen molar-refractivity contribution in [1.29, 1.82) is 0 Å². The minimum absolute atomic E-state index is 0.148. The molecular weight excluding hydrogens is 148 g/mol. The van der Waals surface area contributed by atoms with Gasteiger partial charge in [-0.3, -0.25) is 9.59 Å². The Morgan fingerprint density at radius 1 is 1.82 bits per heavy atom. The Morgan fingerprint density at radius 3 is 2.73 bits per heavy atom. The SMILES string of the molecule is COC(=O)C[C@]1(C)CC(=O)O1. The molecule has 62 valence electrons. The second-order valence-electron chi connectivity index (χ2n) is 2.85. The summed E-state index contributed by atoms with van der Waals surface area (Å²) >= 11 is 0. The van der Waals surface area contributed by atoms with Gasteiger partial charge in [-0.15, -0.1) is 0 Å². The second kappa shape index (κ2) is 2.53. The zero-order valence-electron chi connectivity index (χ0n) is 6.55. The summed E-state index contributed by atoms with van der Waals surface area (Å²) in [6.45, 7) is 1.71. The van der Waals surface area contributed by atoms with E-state index in [2.05, 4.69) is 4.74 Å². The molecule has 0 aromatic heterocycles. The molecule has 0 unspecified atom stereocenters. The van der Waals surface area contributed by atoms with Crippen molar-refractivity contribution in [2.75, 3.05) is 7.11 Å². The largest absolute Gasteiger partial charge is 0.469 e. The standard InChI is InChI=1S/C7H10O4/c1-7(3-5(8)10-2)4-6(9)11-7/h3-4H2,1-2H3/t7-/m1/s1. The molecule has 4 nitrogen and oxygen atoms in total. The summed E-state index contributed by atoms with van der Waals surface area (Å²) in [7, 11) is 1.31. The molecule has 0 aromatic carbocycles. The molecular formula is C7H10O4. The molecule has 11 heavy (non-hydrogen) atoms. The number of carbonyl (C=O) groups is 2. The van der Waals surface area contributed by atoms with Gasteiger partial charge < -0.3 is 9.47 Å². The maximum atomic E-state index is 10.7. The second-order valence-corrected chi connectivity index (χ2v) is 2.85. The first-order valence-electron chi connectivity index (χ1n) is 3.34. The Morgan fingerprint density at radius 2 is 2.36 bits per heavy atom. The molecule has 1 heterocycles. The van der Waals surface area contributed by atoms with Crippen molar-refractivity contribution in [2.45, 2.75) is 25.4 Å². The minimum atomic E-state index is -0.607. The summed E-state index contributed by atoms with van der Waals surface area (Å²) in [5.41, 5.74) is -0.607. The fraction of sp³-hybridized carbons (Fsp3) is 0.714. The van der Waals surface area contributed by atoms with Crippen LogP contribution in [0, 0.1) is 0 Å². The highest BCUT2D eigenvalue weighted by atomic mass is 16.6. The van der Waals surface area contributed by atoms with Crippen LogP contribution in [-0.4, -0.2) is 24.6 Å². The summed E-state index contributed by atoms with van der Waals surface area (Å²) in [6.07, 6.45) is 0.456. The molecule has 1 fully saturated rings. The van der Waals surface area contributed by atoms with Crippen molar-refractivity contribution in [3.63, 3.8) is 0 Å². The van der Waals surface area contributed by atoms with Crippen LogP contribution in [-0.2, 0) is 19.1 Å². The molecule has 0 saturated carbocycles. The highest BCUT2D eigenvalue weighted by Gasteiger charge is 2.43. The quantitative estimate of drug-likeness (QED) is 0.541. The third kappa shape index (κ3) is 1.69. The van der Waals surface area contributed by atoms with Gasteiger partial charge in [0.2, 0.25) is 0 Å². The van der Waals surface area contributed by atoms with Crippen LogP contribution in [0.2, 0.25) is 0 Å². The van der Waals surface area contributed by atoms with Crippen molar-refractivity contribution in [3.05, 3.63) is 0 Å². The predicted molar refractivity (Wildman–Crippen MR) is 35.7 cm³/mol. The lowest BCUT2D eigenvalue weighted by molar-refractivity contribution is -0.191. The third-order valence-corrected chi connectivity index (χ3v) is 1.62. The third-order valence-electron chi connectivity index (χ3n) is 1.62. The van der Waals surface area contributed by atoms with Crippen LogP contribution >= 0.6 is 0 Å². The van der Waals surface area contributed by atoms with E-state index in [-0.39, 0.29) is 18.4 Å². The van der Waals surface area contributed by atoms with Crippen LogP contribution in [0.4, 0.5) is 0 Å². The number of carbonyl (C=O) groups excluding carboxylic acids is 2. The van der Waals surface area contributed by atoms with E-state index in [1.807, 2.05) is 0 Å². The smallest absolute Gasteiger partial charge is 0.310 e. The molecule has 0 N–H and O–H groups in total. The minimum Gasteiger partial charge on any atom is -0.469 e. The molecule has 1 aliphatic rings. The number of rotatable bonds is 2. The molecule has 0 aliphatic carbocycles. The lowest BCUT2D eigenvalue weighted by Crippen LogP contribution is -2.46. The van der Waals surface area contributed by atoms with E-state index in [0.717, 1.165) is 0 Å². The first-order valence-corrected chi connectivity index (χ1v) is 3.34. The van der Waals surface area contributed by atoms with Gasteiger partial charge in [0.15, 0.2) is 0 Å². The highest BCUT2D eigenvalue weighted by molar-refractivity contribution is 5.80. The van der Waals surface area contributed by atoms with Gasteiger partial charge in [0.05, 0.1) is 20.0 Å². The predicted octanol–water partition coefficient (Wildman–Crippen LogP) is 0.255. The Kier molecular flexibility index (Phi) is 1.85. The molecule has 1 rings (SSSR count). The normalized spacial score (nSPS) is 28.7. The molecule has 1 atom stereocenters. The van der Waals surface area contributed by atoms with E-state index in [4.69, 9.17) is 4.74 Å². The molecule has 0 aromatic rings. The Bertz CT molecular complexity index is 189. The van der Waals surface area contributed by atoms with Crippen LogP contribution in [0.25, 0.3) is 0 Å². The fourth-order valence-corrected chi connectivity index (χ4v) is 1.05.